The molecule has 4 rings (SSSR count). The van der Waals surface area contributed by atoms with Gasteiger partial charge < -0.3 is 15.4 Å². The Kier molecular flexibility index (Phi) is 6.57. The molecule has 2 aliphatic rings. The zero-order valence-corrected chi connectivity index (χ0v) is 18.8. The van der Waals surface area contributed by atoms with Crippen molar-refractivity contribution in [2.45, 2.75) is 17.5 Å². The van der Waals surface area contributed by atoms with Crippen molar-refractivity contribution >= 4 is 38.4 Å². The maximum absolute atomic E-state index is 12.7. The minimum absolute atomic E-state index is 0.0157. The zero-order chi connectivity index (χ0) is 23.6. The van der Waals surface area contributed by atoms with Gasteiger partial charge >= 0.3 is 6.18 Å². The molecule has 12 heteroatoms. The lowest BCUT2D eigenvalue weighted by atomic mass is 10.2. The van der Waals surface area contributed by atoms with E-state index in [0.717, 1.165) is 12.1 Å². The fourth-order valence-electron chi connectivity index (χ4n) is 3.44. The highest BCUT2D eigenvalue weighted by molar-refractivity contribution is 8.15. The summed E-state index contributed by atoms with van der Waals surface area (Å²) in [5.41, 5.74) is 0.324. The molecule has 2 aromatic carbocycles. The fourth-order valence-corrected chi connectivity index (χ4v) is 7.12. The largest absolute Gasteiger partial charge is 0.492 e. The highest BCUT2D eigenvalue weighted by Crippen LogP contribution is 2.34. The van der Waals surface area contributed by atoms with Crippen molar-refractivity contribution in [2.75, 3.05) is 30.0 Å². The van der Waals surface area contributed by atoms with E-state index in [1.54, 1.807) is 24.3 Å². The summed E-state index contributed by atoms with van der Waals surface area (Å²) in [5, 5.41) is 6.39. The molecule has 1 amide bonds. The monoisotopic (exact) mass is 499 g/mol. The Morgan fingerprint density at radius 2 is 1.91 bits per heavy atom. The highest BCUT2D eigenvalue weighted by Gasteiger charge is 2.42. The number of carbonyl (C=O) groups is 1. The van der Waals surface area contributed by atoms with Crippen LogP contribution >= 0.6 is 11.8 Å². The first kappa shape index (κ1) is 23.4. The number of ether oxygens (including phenoxy) is 1. The van der Waals surface area contributed by atoms with Gasteiger partial charge in [-0.1, -0.05) is 17.8 Å². The number of amidine groups is 1. The zero-order valence-electron chi connectivity index (χ0n) is 17.1. The molecule has 0 aromatic heterocycles. The number of sulfone groups is 1. The van der Waals surface area contributed by atoms with Crippen LogP contribution in [-0.2, 0) is 16.0 Å². The van der Waals surface area contributed by atoms with Gasteiger partial charge in [-0.2, -0.15) is 13.2 Å². The Hall–Kier alpha value is -2.73. The molecule has 0 radical (unpaired) electrons. The van der Waals surface area contributed by atoms with Crippen molar-refractivity contribution in [1.82, 2.24) is 5.32 Å². The molecule has 7 nitrogen and oxygen atoms in total. The number of fused-ring (bicyclic) bond motifs is 1. The summed E-state index contributed by atoms with van der Waals surface area (Å²) in [6.07, 6.45) is -4.45. The van der Waals surface area contributed by atoms with E-state index in [2.05, 4.69) is 15.6 Å². The van der Waals surface area contributed by atoms with Gasteiger partial charge in [0.1, 0.15) is 12.4 Å². The number of hydrogen-bond donors (Lipinski definition) is 2. The third-order valence-corrected chi connectivity index (χ3v) is 8.18. The molecule has 0 unspecified atom stereocenters. The number of alkyl halides is 3. The van der Waals surface area contributed by atoms with Crippen molar-refractivity contribution < 1.29 is 31.1 Å². The van der Waals surface area contributed by atoms with Gasteiger partial charge in [-0.05, 0) is 42.5 Å². The molecule has 1 saturated heterocycles. The number of aliphatic imine (C=N–C) groups is 1. The van der Waals surface area contributed by atoms with Crippen LogP contribution in [0, 0.1) is 0 Å². The van der Waals surface area contributed by atoms with E-state index in [1.165, 1.54) is 23.9 Å². The van der Waals surface area contributed by atoms with Gasteiger partial charge in [-0.15, -0.1) is 0 Å². The lowest BCUT2D eigenvalue weighted by Crippen LogP contribution is -2.28. The van der Waals surface area contributed by atoms with E-state index >= 15 is 0 Å². The Labute approximate surface area is 192 Å². The molecule has 2 atom stereocenters. The third kappa shape index (κ3) is 5.99. The molecular weight excluding hydrogens is 479 g/mol. The normalized spacial score (nSPS) is 21.2. The smallest absolute Gasteiger partial charge is 0.416 e. The van der Waals surface area contributed by atoms with Crippen LogP contribution in [-0.4, -0.2) is 55.4 Å². The molecular formula is C21H20F3N3O4S2. The van der Waals surface area contributed by atoms with Crippen molar-refractivity contribution in [3.05, 3.63) is 59.7 Å². The summed E-state index contributed by atoms with van der Waals surface area (Å²) in [5.74, 6) is -0.0644. The first-order valence-corrected chi connectivity index (χ1v) is 12.7. The minimum atomic E-state index is -4.45. The minimum Gasteiger partial charge on any atom is -0.492 e. The Morgan fingerprint density at radius 1 is 1.15 bits per heavy atom. The van der Waals surface area contributed by atoms with Gasteiger partial charge in [0.2, 0.25) is 0 Å². The molecule has 1 fully saturated rings. The second kappa shape index (κ2) is 9.26. The summed E-state index contributed by atoms with van der Waals surface area (Å²) < 4.78 is 66.7. The first-order chi connectivity index (χ1) is 15.6. The van der Waals surface area contributed by atoms with Crippen LogP contribution in [0.5, 0.6) is 5.75 Å². The fraction of sp³-hybridized carbons (Fsp3) is 0.333. The summed E-state index contributed by atoms with van der Waals surface area (Å²) in [6, 6.07) is 11.0. The number of thioether (sulfide) groups is 1. The third-order valence-electron chi connectivity index (χ3n) is 5.03. The van der Waals surface area contributed by atoms with E-state index in [9.17, 15) is 26.4 Å². The molecule has 0 bridgehead atoms. The van der Waals surface area contributed by atoms with Gasteiger partial charge in [-0.25, -0.2) is 8.42 Å². The second-order valence-electron chi connectivity index (χ2n) is 7.57. The first-order valence-electron chi connectivity index (χ1n) is 9.99. The summed E-state index contributed by atoms with van der Waals surface area (Å²) >= 11 is 1.41. The van der Waals surface area contributed by atoms with Gasteiger partial charge in [-0.3, -0.25) is 9.79 Å². The number of anilines is 1. The van der Waals surface area contributed by atoms with E-state index in [1.807, 2.05) is 0 Å². The predicted octanol–water partition coefficient (Wildman–Crippen LogP) is 3.19. The number of nitrogens with one attached hydrogen (secondary N) is 2. The van der Waals surface area contributed by atoms with Crippen molar-refractivity contribution in [2.24, 2.45) is 4.99 Å². The van der Waals surface area contributed by atoms with E-state index in [4.69, 9.17) is 4.74 Å². The lowest BCUT2D eigenvalue weighted by Gasteiger charge is -2.11. The van der Waals surface area contributed by atoms with Gasteiger partial charge in [0, 0.05) is 16.5 Å². The van der Waals surface area contributed by atoms with Crippen LogP contribution in [0.25, 0.3) is 0 Å². The van der Waals surface area contributed by atoms with E-state index in [0.29, 0.717) is 16.4 Å². The molecule has 176 valence electrons. The number of hydrogen-bond acceptors (Lipinski definition) is 7. The van der Waals surface area contributed by atoms with Crippen molar-refractivity contribution in [3.63, 3.8) is 0 Å². The van der Waals surface area contributed by atoms with Crippen LogP contribution in [0.3, 0.4) is 0 Å². The Balaban J connectivity index is 1.23. The molecule has 0 spiro atoms. The Bertz CT molecular complexity index is 1170. The molecule has 2 aliphatic heterocycles. The summed E-state index contributed by atoms with van der Waals surface area (Å²) in [6.45, 7) is 0.135. The van der Waals surface area contributed by atoms with E-state index in [-0.39, 0.29) is 47.6 Å². The number of halogens is 3. The van der Waals surface area contributed by atoms with Gasteiger partial charge in [0.15, 0.2) is 15.0 Å². The van der Waals surface area contributed by atoms with Crippen LogP contribution in [0.4, 0.5) is 18.9 Å². The van der Waals surface area contributed by atoms with Crippen molar-refractivity contribution in [1.29, 1.82) is 0 Å². The van der Waals surface area contributed by atoms with Crippen LogP contribution in [0.15, 0.2) is 53.5 Å². The molecule has 2 N–H and O–H groups in total. The molecule has 0 aliphatic carbocycles. The maximum atomic E-state index is 12.7. The topological polar surface area (TPSA) is 96.9 Å². The molecule has 2 aromatic rings. The number of rotatable bonds is 6. The van der Waals surface area contributed by atoms with Crippen LogP contribution < -0.4 is 15.4 Å². The second-order valence-corrected chi connectivity index (χ2v) is 10.9. The van der Waals surface area contributed by atoms with Crippen molar-refractivity contribution in [3.8, 4) is 5.75 Å². The lowest BCUT2D eigenvalue weighted by molar-refractivity contribution is -0.137. The highest BCUT2D eigenvalue weighted by atomic mass is 32.2. The van der Waals surface area contributed by atoms with Gasteiger partial charge in [0.05, 0.1) is 29.7 Å². The summed E-state index contributed by atoms with van der Waals surface area (Å²) in [4.78, 5) is 16.7. The SMILES string of the molecule is O=C(NCCOc1cccc(C(F)(F)F)c1)c1ccc(NC2=N[C@H]3CS(=O)(=O)C[C@@H]3S2)cc1. The van der Waals surface area contributed by atoms with Gasteiger partial charge in [0.25, 0.3) is 5.91 Å². The summed E-state index contributed by atoms with van der Waals surface area (Å²) in [7, 11) is -3.00. The number of carbonyl (C=O) groups excluding carboxylic acids is 1. The molecule has 0 saturated carbocycles. The number of benzene rings is 2. The predicted molar refractivity (Wildman–Crippen MR) is 121 cm³/mol. The average Bonchev–Trinajstić information content (AvgIpc) is 3.23. The van der Waals surface area contributed by atoms with Crippen LogP contribution in [0.1, 0.15) is 15.9 Å². The molecule has 2 heterocycles. The quantitative estimate of drug-likeness (QED) is 0.593. The maximum Gasteiger partial charge on any atom is 0.416 e. The Morgan fingerprint density at radius 3 is 2.61 bits per heavy atom. The number of nitrogens with zero attached hydrogens (tertiary/aromatic N) is 1. The standard InChI is InChI=1S/C21H20F3N3O4S2/c22-21(23,24)14-2-1-3-16(10-14)31-9-8-25-19(28)13-4-6-15(7-5-13)26-20-27-17-11-33(29,30)12-18(17)32-20/h1-7,10,17-18H,8-9,11-12H2,(H,25,28)(H,26,27)/t17-,18-/m0/s1. The number of amides is 1. The average molecular weight is 500 g/mol. The van der Waals surface area contributed by atoms with Crippen LogP contribution in [0.2, 0.25) is 0 Å². The van der Waals surface area contributed by atoms with E-state index < -0.39 is 21.6 Å². The molecule has 33 heavy (non-hydrogen) atoms.